The van der Waals surface area contributed by atoms with Gasteiger partial charge in [0.2, 0.25) is 9.84 Å². The molecule has 0 N–H and O–H groups in total. The molecule has 0 saturated carbocycles. The van der Waals surface area contributed by atoms with Crippen LogP contribution in [-0.4, -0.2) is 24.9 Å². The highest BCUT2D eigenvalue weighted by Gasteiger charge is 2.53. The van der Waals surface area contributed by atoms with Gasteiger partial charge in [0.05, 0.1) is 16.4 Å². The molecular weight excluding hydrogens is 322 g/mol. The molecule has 1 fully saturated rings. The summed E-state index contributed by atoms with van der Waals surface area (Å²) in [5, 5.41) is 10.6. The second kappa shape index (κ2) is 5.32. The summed E-state index contributed by atoms with van der Waals surface area (Å²) in [6, 6.07) is 11.6. The van der Waals surface area contributed by atoms with Crippen LogP contribution in [0.1, 0.15) is 6.92 Å². The van der Waals surface area contributed by atoms with E-state index in [1.54, 1.807) is 0 Å². The second-order valence-corrected chi connectivity index (χ2v) is 7.59. The van der Waals surface area contributed by atoms with Crippen LogP contribution >= 0.6 is 0 Å². The lowest BCUT2D eigenvalue weighted by atomic mass is 10.3. The molecule has 1 unspecified atom stereocenters. The van der Waals surface area contributed by atoms with Crippen LogP contribution in [0.3, 0.4) is 0 Å². The molecule has 0 radical (unpaired) electrons. The monoisotopic (exact) mass is 335 g/mol. The number of rotatable bonds is 5. The number of hydrogen-bond acceptors (Lipinski definition) is 6. The van der Waals surface area contributed by atoms with Gasteiger partial charge in [0.1, 0.15) is 11.5 Å². The van der Waals surface area contributed by atoms with Crippen molar-refractivity contribution in [2.45, 2.75) is 16.8 Å². The van der Waals surface area contributed by atoms with E-state index in [9.17, 15) is 18.5 Å². The SMILES string of the molecule is CC1(S(=O)(=O)c2ccc(Oc3ccc([N+](=O)[O-])cc3)cc2)CO1. The van der Waals surface area contributed by atoms with Gasteiger partial charge in [0.25, 0.3) is 5.69 Å². The van der Waals surface area contributed by atoms with E-state index >= 15 is 0 Å². The average Bonchev–Trinajstić information content (AvgIpc) is 3.28. The second-order valence-electron chi connectivity index (χ2n) is 5.25. The van der Waals surface area contributed by atoms with Crippen LogP contribution in [0.4, 0.5) is 5.69 Å². The summed E-state index contributed by atoms with van der Waals surface area (Å²) in [6.45, 7) is 1.72. The normalized spacial score (nSPS) is 20.0. The van der Waals surface area contributed by atoms with Crippen molar-refractivity contribution >= 4 is 15.5 Å². The van der Waals surface area contributed by atoms with Gasteiger partial charge in [-0.05, 0) is 43.3 Å². The van der Waals surface area contributed by atoms with E-state index < -0.39 is 19.7 Å². The first kappa shape index (κ1) is 15.4. The van der Waals surface area contributed by atoms with E-state index in [1.165, 1.54) is 55.5 Å². The van der Waals surface area contributed by atoms with Crippen LogP contribution in [0.25, 0.3) is 0 Å². The molecule has 0 aliphatic carbocycles. The number of nitro groups is 1. The van der Waals surface area contributed by atoms with Crippen LogP contribution in [0.15, 0.2) is 53.4 Å². The van der Waals surface area contributed by atoms with E-state index in [0.29, 0.717) is 11.5 Å². The number of benzene rings is 2. The van der Waals surface area contributed by atoms with Crippen LogP contribution in [-0.2, 0) is 14.6 Å². The zero-order chi connectivity index (χ0) is 16.7. The number of sulfone groups is 1. The summed E-state index contributed by atoms with van der Waals surface area (Å²) in [6.07, 6.45) is 0. The van der Waals surface area contributed by atoms with Crippen molar-refractivity contribution in [3.8, 4) is 11.5 Å². The molecule has 0 amide bonds. The Morgan fingerprint density at radius 2 is 1.57 bits per heavy atom. The fourth-order valence-electron chi connectivity index (χ4n) is 1.96. The van der Waals surface area contributed by atoms with Gasteiger partial charge < -0.3 is 9.47 Å². The van der Waals surface area contributed by atoms with Crippen LogP contribution in [0, 0.1) is 10.1 Å². The molecule has 7 nitrogen and oxygen atoms in total. The van der Waals surface area contributed by atoms with Gasteiger partial charge in [0, 0.05) is 12.1 Å². The Labute approximate surface area is 132 Å². The van der Waals surface area contributed by atoms with Gasteiger partial charge >= 0.3 is 0 Å². The third-order valence-electron chi connectivity index (χ3n) is 3.54. The lowest BCUT2D eigenvalue weighted by molar-refractivity contribution is -0.384. The predicted octanol–water partition coefficient (Wildman–Crippen LogP) is 2.91. The van der Waals surface area contributed by atoms with Crippen LogP contribution in [0.5, 0.6) is 11.5 Å². The molecule has 1 saturated heterocycles. The highest BCUT2D eigenvalue weighted by atomic mass is 32.2. The first-order chi connectivity index (χ1) is 10.8. The van der Waals surface area contributed by atoms with E-state index in [0.717, 1.165) is 0 Å². The minimum atomic E-state index is -3.52. The maximum absolute atomic E-state index is 12.3. The Morgan fingerprint density at radius 3 is 2.00 bits per heavy atom. The zero-order valence-corrected chi connectivity index (χ0v) is 12.9. The molecule has 2 aromatic carbocycles. The highest BCUT2D eigenvalue weighted by molar-refractivity contribution is 7.93. The standard InChI is InChI=1S/C15H13NO6S/c1-15(10-21-15)23(19,20)14-8-6-13(7-9-14)22-12-4-2-11(3-5-12)16(17)18/h2-9H,10H2,1H3. The Bertz CT molecular complexity index is 839. The molecule has 1 aliphatic rings. The third-order valence-corrected chi connectivity index (χ3v) is 5.80. The van der Waals surface area contributed by atoms with Crippen molar-refractivity contribution < 1.29 is 22.8 Å². The fourth-order valence-corrected chi connectivity index (χ4v) is 3.33. The van der Waals surface area contributed by atoms with Crippen molar-refractivity contribution in [2.24, 2.45) is 0 Å². The molecule has 0 aromatic heterocycles. The first-order valence-corrected chi connectivity index (χ1v) is 8.21. The Morgan fingerprint density at radius 1 is 1.09 bits per heavy atom. The van der Waals surface area contributed by atoms with Gasteiger partial charge in [-0.25, -0.2) is 8.42 Å². The fraction of sp³-hybridized carbons (Fsp3) is 0.200. The maximum Gasteiger partial charge on any atom is 0.269 e. The third kappa shape index (κ3) is 2.90. The summed E-state index contributed by atoms with van der Waals surface area (Å²) in [5.41, 5.74) is -0.0310. The van der Waals surface area contributed by atoms with Crippen molar-refractivity contribution in [1.29, 1.82) is 0 Å². The molecule has 1 atom stereocenters. The molecule has 1 heterocycles. The molecule has 0 bridgehead atoms. The lowest BCUT2D eigenvalue weighted by Crippen LogP contribution is -2.20. The molecule has 1 aliphatic heterocycles. The number of hydrogen-bond donors (Lipinski definition) is 0. The van der Waals surface area contributed by atoms with E-state index in [4.69, 9.17) is 9.47 Å². The van der Waals surface area contributed by atoms with Gasteiger partial charge in [-0.15, -0.1) is 0 Å². The Hall–Kier alpha value is -2.45. The smallest absolute Gasteiger partial charge is 0.269 e. The number of nitrogens with zero attached hydrogens (tertiary/aromatic N) is 1. The highest BCUT2D eigenvalue weighted by Crippen LogP contribution is 2.38. The summed E-state index contributed by atoms with van der Waals surface area (Å²) in [4.78, 5) is 9.12. The predicted molar refractivity (Wildman–Crippen MR) is 81.2 cm³/mol. The summed E-state index contributed by atoms with van der Waals surface area (Å²) < 4.78 is 35.0. The quantitative estimate of drug-likeness (QED) is 0.473. The maximum atomic E-state index is 12.3. The summed E-state index contributed by atoms with van der Waals surface area (Å²) in [5.74, 6) is 0.850. The van der Waals surface area contributed by atoms with E-state index in [-0.39, 0.29) is 17.2 Å². The summed E-state index contributed by atoms with van der Waals surface area (Å²) in [7, 11) is -3.52. The molecular formula is C15H13NO6S. The van der Waals surface area contributed by atoms with Gasteiger partial charge in [0.15, 0.2) is 4.93 Å². The largest absolute Gasteiger partial charge is 0.457 e. The number of epoxide rings is 1. The minimum absolute atomic E-state index is 0.0310. The van der Waals surface area contributed by atoms with Crippen LogP contribution in [0.2, 0.25) is 0 Å². The van der Waals surface area contributed by atoms with E-state index in [2.05, 4.69) is 0 Å². The van der Waals surface area contributed by atoms with Crippen molar-refractivity contribution in [3.05, 3.63) is 58.6 Å². The first-order valence-electron chi connectivity index (χ1n) is 6.73. The Kier molecular flexibility index (Phi) is 3.57. The number of ether oxygens (including phenoxy) is 2. The van der Waals surface area contributed by atoms with Crippen molar-refractivity contribution in [2.75, 3.05) is 6.61 Å². The van der Waals surface area contributed by atoms with Gasteiger partial charge in [-0.2, -0.15) is 0 Å². The average molecular weight is 335 g/mol. The molecule has 2 aromatic rings. The summed E-state index contributed by atoms with van der Waals surface area (Å²) >= 11 is 0. The van der Waals surface area contributed by atoms with Gasteiger partial charge in [-0.3, -0.25) is 10.1 Å². The van der Waals surface area contributed by atoms with Gasteiger partial charge in [-0.1, -0.05) is 0 Å². The van der Waals surface area contributed by atoms with Crippen molar-refractivity contribution in [3.63, 3.8) is 0 Å². The molecule has 120 valence electrons. The molecule has 3 rings (SSSR count). The molecule has 0 spiro atoms. The van der Waals surface area contributed by atoms with Crippen LogP contribution < -0.4 is 4.74 Å². The molecule has 8 heteroatoms. The van der Waals surface area contributed by atoms with E-state index in [1.807, 2.05) is 0 Å². The number of non-ortho nitro benzene ring substituents is 1. The Balaban J connectivity index is 1.76. The minimum Gasteiger partial charge on any atom is -0.457 e. The zero-order valence-electron chi connectivity index (χ0n) is 12.1. The molecule has 23 heavy (non-hydrogen) atoms. The lowest BCUT2D eigenvalue weighted by Gasteiger charge is -2.09. The topological polar surface area (TPSA) is 99.0 Å². The van der Waals surface area contributed by atoms with Crippen molar-refractivity contribution in [1.82, 2.24) is 0 Å². The number of nitro benzene ring substituents is 1.